The number of nitrogens with zero attached hydrogens (tertiary/aromatic N) is 5. The van der Waals surface area contributed by atoms with Crippen LogP contribution in [-0.2, 0) is 0 Å². The number of hydrogen-bond acceptors (Lipinski definition) is 8. The molecule has 9 nitrogen and oxygen atoms in total. The summed E-state index contributed by atoms with van der Waals surface area (Å²) >= 11 is 3.43. The first-order valence-corrected chi connectivity index (χ1v) is 11.7. The number of anilines is 3. The van der Waals surface area contributed by atoms with E-state index in [2.05, 4.69) is 41.8 Å². The number of pyridine rings is 1. The minimum Gasteiger partial charge on any atom is -0.390 e. The Morgan fingerprint density at radius 2 is 1.94 bits per heavy atom. The first kappa shape index (κ1) is 20.6. The third-order valence-corrected chi connectivity index (χ3v) is 8.03. The molecule has 3 aromatic heterocycles. The average Bonchev–Trinajstić information content (AvgIpc) is 3.48. The molecule has 2 aliphatic rings. The molecule has 0 amide bonds. The van der Waals surface area contributed by atoms with Crippen LogP contribution >= 0.6 is 15.9 Å². The number of nitrogen functional groups attached to an aromatic ring is 2. The van der Waals surface area contributed by atoms with Crippen molar-refractivity contribution in [1.29, 1.82) is 0 Å². The van der Waals surface area contributed by atoms with Crippen molar-refractivity contribution in [3.05, 3.63) is 47.3 Å². The van der Waals surface area contributed by atoms with Gasteiger partial charge in [0.15, 0.2) is 0 Å². The highest BCUT2D eigenvalue weighted by Gasteiger charge is 2.56. The van der Waals surface area contributed by atoms with E-state index in [0.717, 1.165) is 39.4 Å². The van der Waals surface area contributed by atoms with Crippen LogP contribution in [0, 0.1) is 5.41 Å². The van der Waals surface area contributed by atoms with Gasteiger partial charge in [-0.1, -0.05) is 6.07 Å². The lowest BCUT2D eigenvalue weighted by molar-refractivity contribution is -0.0204. The Kier molecular flexibility index (Phi) is 4.55. The lowest BCUT2D eigenvalue weighted by Gasteiger charge is -2.29. The number of aromatic nitrogens is 4. The molecule has 1 saturated carbocycles. The van der Waals surface area contributed by atoms with Crippen molar-refractivity contribution in [2.45, 2.75) is 31.1 Å². The highest BCUT2D eigenvalue weighted by Crippen LogP contribution is 2.51. The van der Waals surface area contributed by atoms with Crippen molar-refractivity contribution in [2.24, 2.45) is 5.41 Å². The van der Waals surface area contributed by atoms with E-state index in [1.54, 1.807) is 0 Å². The molecule has 4 heterocycles. The maximum atomic E-state index is 11.2. The largest absolute Gasteiger partial charge is 0.390 e. The molecule has 4 unspecified atom stereocenters. The lowest BCUT2D eigenvalue weighted by Crippen LogP contribution is -2.38. The SMILES string of the molecule is Nc1nc2cc(N3CCC4(CC(n5ccc6c(N)ncnc65)C(O)C4O)C3)ccc2cc1Br. The van der Waals surface area contributed by atoms with Crippen molar-refractivity contribution < 1.29 is 10.2 Å². The number of nitrogens with two attached hydrogens (primary N) is 2. The third-order valence-electron chi connectivity index (χ3n) is 7.39. The van der Waals surface area contributed by atoms with E-state index < -0.39 is 17.6 Å². The molecule has 2 fully saturated rings. The molecule has 10 heteroatoms. The first-order valence-electron chi connectivity index (χ1n) is 10.9. The zero-order chi connectivity index (χ0) is 22.9. The summed E-state index contributed by atoms with van der Waals surface area (Å²) in [5, 5.41) is 24.0. The molecule has 0 bridgehead atoms. The Bertz CT molecular complexity index is 1390. The number of hydrogen-bond donors (Lipinski definition) is 4. The van der Waals surface area contributed by atoms with Crippen LogP contribution in [0.15, 0.2) is 47.3 Å². The summed E-state index contributed by atoms with van der Waals surface area (Å²) < 4.78 is 2.71. The molecule has 4 aromatic rings. The molecule has 1 aromatic carbocycles. The van der Waals surface area contributed by atoms with E-state index in [9.17, 15) is 10.2 Å². The number of rotatable bonds is 2. The molecule has 33 heavy (non-hydrogen) atoms. The smallest absolute Gasteiger partial charge is 0.145 e. The second kappa shape index (κ2) is 7.28. The molecule has 6 rings (SSSR count). The van der Waals surface area contributed by atoms with Crippen LogP contribution < -0.4 is 16.4 Å². The van der Waals surface area contributed by atoms with E-state index in [0.29, 0.717) is 30.2 Å². The van der Waals surface area contributed by atoms with Gasteiger partial charge in [0, 0.05) is 35.8 Å². The van der Waals surface area contributed by atoms with Gasteiger partial charge in [0.2, 0.25) is 0 Å². The minimum absolute atomic E-state index is 0.290. The summed E-state index contributed by atoms with van der Waals surface area (Å²) in [6, 6.07) is 9.67. The second-order valence-electron chi connectivity index (χ2n) is 9.19. The predicted molar refractivity (Wildman–Crippen MR) is 131 cm³/mol. The number of aliphatic hydroxyl groups excluding tert-OH is 2. The van der Waals surface area contributed by atoms with Crippen LogP contribution in [0.4, 0.5) is 17.3 Å². The fourth-order valence-electron chi connectivity index (χ4n) is 5.62. The highest BCUT2D eigenvalue weighted by atomic mass is 79.9. The molecule has 0 radical (unpaired) electrons. The van der Waals surface area contributed by atoms with E-state index in [-0.39, 0.29) is 6.04 Å². The van der Waals surface area contributed by atoms with Crippen LogP contribution in [-0.4, -0.2) is 55.0 Å². The predicted octanol–water partition coefficient (Wildman–Crippen LogP) is 2.47. The first-order chi connectivity index (χ1) is 15.9. The quantitative estimate of drug-likeness (QED) is 0.323. The number of aliphatic hydroxyl groups is 2. The topological polar surface area (TPSA) is 139 Å². The Morgan fingerprint density at radius 1 is 1.09 bits per heavy atom. The maximum absolute atomic E-state index is 11.2. The molecule has 4 atom stereocenters. The van der Waals surface area contributed by atoms with Gasteiger partial charge in [0.05, 0.1) is 27.5 Å². The monoisotopic (exact) mass is 509 g/mol. The van der Waals surface area contributed by atoms with Crippen LogP contribution in [0.2, 0.25) is 0 Å². The van der Waals surface area contributed by atoms with Gasteiger partial charge in [-0.15, -0.1) is 0 Å². The highest BCUT2D eigenvalue weighted by molar-refractivity contribution is 9.10. The van der Waals surface area contributed by atoms with Gasteiger partial charge < -0.3 is 31.1 Å². The number of fused-ring (bicyclic) bond motifs is 2. The number of benzene rings is 1. The summed E-state index contributed by atoms with van der Waals surface area (Å²) in [4.78, 5) is 15.2. The zero-order valence-corrected chi connectivity index (χ0v) is 19.4. The van der Waals surface area contributed by atoms with Crippen molar-refractivity contribution in [3.63, 3.8) is 0 Å². The van der Waals surface area contributed by atoms with Crippen molar-refractivity contribution in [2.75, 3.05) is 29.5 Å². The molecule has 1 aliphatic carbocycles. The van der Waals surface area contributed by atoms with Gasteiger partial charge in [-0.05, 0) is 53.0 Å². The van der Waals surface area contributed by atoms with Gasteiger partial charge in [-0.25, -0.2) is 15.0 Å². The maximum Gasteiger partial charge on any atom is 0.145 e. The summed E-state index contributed by atoms with van der Waals surface area (Å²) in [6.45, 7) is 1.44. The van der Waals surface area contributed by atoms with Crippen LogP contribution in [0.3, 0.4) is 0 Å². The molecular weight excluding hydrogens is 486 g/mol. The van der Waals surface area contributed by atoms with Crippen LogP contribution in [0.1, 0.15) is 18.9 Å². The average molecular weight is 510 g/mol. The fourth-order valence-corrected chi connectivity index (χ4v) is 5.95. The van der Waals surface area contributed by atoms with Crippen molar-refractivity contribution >= 4 is 55.2 Å². The fraction of sp³-hybridized carbons (Fsp3) is 0.348. The van der Waals surface area contributed by atoms with E-state index >= 15 is 0 Å². The van der Waals surface area contributed by atoms with Gasteiger partial charge in [-0.3, -0.25) is 0 Å². The van der Waals surface area contributed by atoms with Gasteiger partial charge in [-0.2, -0.15) is 0 Å². The van der Waals surface area contributed by atoms with Gasteiger partial charge in [0.1, 0.15) is 29.7 Å². The second-order valence-corrected chi connectivity index (χ2v) is 10.0. The molecule has 170 valence electrons. The van der Waals surface area contributed by atoms with Crippen LogP contribution in [0.25, 0.3) is 21.9 Å². The van der Waals surface area contributed by atoms with E-state index in [1.807, 2.05) is 35.0 Å². The standard InChI is InChI=1S/C23H24BrN7O2/c24-15-7-12-1-2-13(8-16(12)29-21(15)26)30-6-4-23(10-30)9-17(18(32)19(23)33)31-5-3-14-20(25)27-11-28-22(14)31/h1-3,5,7-8,11,17-19,32-33H,4,6,9-10H2,(H2,26,29)(H2,25,27,28). The Morgan fingerprint density at radius 3 is 2.79 bits per heavy atom. The van der Waals surface area contributed by atoms with Gasteiger partial charge in [0.25, 0.3) is 0 Å². The zero-order valence-electron chi connectivity index (χ0n) is 17.8. The lowest BCUT2D eigenvalue weighted by atomic mass is 9.83. The number of halogens is 1. The summed E-state index contributed by atoms with van der Waals surface area (Å²) in [5.41, 5.74) is 14.1. The Hall–Kier alpha value is -2.95. The normalized spacial score (nSPS) is 27.4. The van der Waals surface area contributed by atoms with Crippen LogP contribution in [0.5, 0.6) is 0 Å². The van der Waals surface area contributed by atoms with Gasteiger partial charge >= 0.3 is 0 Å². The molecule has 6 N–H and O–H groups in total. The van der Waals surface area contributed by atoms with E-state index in [1.165, 1.54) is 6.33 Å². The molecule has 1 aliphatic heterocycles. The third kappa shape index (κ3) is 3.08. The Labute approximate surface area is 198 Å². The van der Waals surface area contributed by atoms with Crippen molar-refractivity contribution in [3.8, 4) is 0 Å². The summed E-state index contributed by atoms with van der Waals surface area (Å²) in [6.07, 6.45) is 3.00. The molecular formula is C23H24BrN7O2. The summed E-state index contributed by atoms with van der Waals surface area (Å²) in [7, 11) is 0. The minimum atomic E-state index is -0.896. The summed E-state index contributed by atoms with van der Waals surface area (Å²) in [5.74, 6) is 0.865. The van der Waals surface area contributed by atoms with E-state index in [4.69, 9.17) is 11.5 Å². The molecule has 1 spiro atoms. The van der Waals surface area contributed by atoms with Crippen molar-refractivity contribution in [1.82, 2.24) is 19.5 Å². The molecule has 1 saturated heterocycles. The Balaban J connectivity index is 1.30.